The van der Waals surface area contributed by atoms with Crippen LogP contribution in [0.2, 0.25) is 0 Å². The lowest BCUT2D eigenvalue weighted by Crippen LogP contribution is -2.31. The Morgan fingerprint density at radius 1 is 1.13 bits per heavy atom. The van der Waals surface area contributed by atoms with Crippen LogP contribution in [-0.2, 0) is 19.7 Å². The van der Waals surface area contributed by atoms with Gasteiger partial charge in [0.05, 0.1) is 18.2 Å². The fraction of sp³-hybridized carbons (Fsp3) is 0.429. The molecule has 2 heterocycles. The van der Waals surface area contributed by atoms with E-state index >= 15 is 0 Å². The van der Waals surface area contributed by atoms with Crippen LogP contribution in [0.1, 0.15) is 45.0 Å². The van der Waals surface area contributed by atoms with Crippen molar-refractivity contribution in [3.63, 3.8) is 0 Å². The van der Waals surface area contributed by atoms with Crippen LogP contribution in [0.4, 0.5) is 0 Å². The Bertz CT molecular complexity index is 1200. The predicted molar refractivity (Wildman–Crippen MR) is 112 cm³/mol. The summed E-state index contributed by atoms with van der Waals surface area (Å²) in [4.78, 5) is 31.8. The third-order valence-electron chi connectivity index (χ3n) is 4.75. The molecular weight excluding hydrogens is 386 g/mol. The summed E-state index contributed by atoms with van der Waals surface area (Å²) >= 11 is 0. The molecule has 0 aliphatic carbocycles. The van der Waals surface area contributed by atoms with Crippen LogP contribution in [0.15, 0.2) is 27.8 Å². The van der Waals surface area contributed by atoms with E-state index in [-0.39, 0.29) is 6.61 Å². The summed E-state index contributed by atoms with van der Waals surface area (Å²) < 4.78 is 14.8. The molecule has 3 rings (SSSR count). The molecule has 0 spiro atoms. The quantitative estimate of drug-likeness (QED) is 0.579. The van der Waals surface area contributed by atoms with Crippen LogP contribution in [0.3, 0.4) is 0 Å². The van der Waals surface area contributed by atoms with Crippen LogP contribution in [0.25, 0.3) is 11.2 Å². The third-order valence-corrected chi connectivity index (χ3v) is 4.75. The van der Waals surface area contributed by atoms with Gasteiger partial charge in [-0.15, -0.1) is 0 Å². The molecule has 0 fully saturated rings. The first-order valence-corrected chi connectivity index (χ1v) is 10.1. The largest absolute Gasteiger partial charge is 0.490 e. The topological polar surface area (TPSA) is 115 Å². The number of rotatable bonds is 9. The van der Waals surface area contributed by atoms with Gasteiger partial charge in [-0.1, -0.05) is 13.3 Å². The summed E-state index contributed by atoms with van der Waals surface area (Å²) in [5, 5.41) is 9.09. The highest BCUT2D eigenvalue weighted by atomic mass is 16.5. The Morgan fingerprint density at radius 3 is 2.60 bits per heavy atom. The van der Waals surface area contributed by atoms with Crippen molar-refractivity contribution in [1.29, 1.82) is 5.26 Å². The minimum absolute atomic E-state index is 0.0793. The number of aryl methyl sites for hydroxylation is 2. The summed E-state index contributed by atoms with van der Waals surface area (Å²) in [6.45, 7) is 7.27. The Hall–Kier alpha value is -3.54. The Kier molecular flexibility index (Phi) is 6.57. The van der Waals surface area contributed by atoms with Gasteiger partial charge in [-0.2, -0.15) is 5.26 Å². The van der Waals surface area contributed by atoms with E-state index in [9.17, 15) is 9.59 Å². The maximum Gasteiger partial charge on any atom is 0.330 e. The van der Waals surface area contributed by atoms with Crippen LogP contribution in [-0.4, -0.2) is 25.7 Å². The molecule has 0 radical (unpaired) electrons. The molecule has 30 heavy (non-hydrogen) atoms. The van der Waals surface area contributed by atoms with Crippen molar-refractivity contribution in [2.75, 3.05) is 6.61 Å². The highest BCUT2D eigenvalue weighted by molar-refractivity contribution is 5.71. The van der Waals surface area contributed by atoms with E-state index < -0.39 is 11.2 Å². The standard InChI is InChI=1S/C21H25N5O4/c1-4-7-10-26-19-18(20(27)24-21(26)28)25(5-2)17(23-19)13-30-15-9-8-14(12-22)11-16(15)29-6-3/h8-9,11H,4-7,10,13H2,1-3H3,(H,24,27,28). The van der Waals surface area contributed by atoms with Crippen molar-refractivity contribution < 1.29 is 9.47 Å². The zero-order valence-electron chi connectivity index (χ0n) is 17.4. The molecule has 0 aliphatic rings. The van der Waals surface area contributed by atoms with E-state index in [0.717, 1.165) is 12.8 Å². The SMILES string of the molecule is CCCCn1c(=O)[nH]c(=O)c2c1nc(COc1ccc(C#N)cc1OCC)n2CC. The molecule has 0 aliphatic heterocycles. The van der Waals surface area contributed by atoms with Gasteiger partial charge in [-0.3, -0.25) is 14.3 Å². The molecule has 0 saturated heterocycles. The van der Waals surface area contributed by atoms with Crippen molar-refractivity contribution >= 4 is 11.2 Å². The first-order chi connectivity index (χ1) is 14.5. The lowest BCUT2D eigenvalue weighted by molar-refractivity contribution is 0.260. The molecule has 0 amide bonds. The molecule has 2 aromatic heterocycles. The lowest BCUT2D eigenvalue weighted by atomic mass is 10.2. The van der Waals surface area contributed by atoms with Crippen LogP contribution >= 0.6 is 0 Å². The van der Waals surface area contributed by atoms with Gasteiger partial charge in [0.25, 0.3) is 5.56 Å². The minimum atomic E-state index is -0.461. The van der Waals surface area contributed by atoms with Crippen molar-refractivity contribution in [2.24, 2.45) is 0 Å². The van der Waals surface area contributed by atoms with Gasteiger partial charge in [-0.05, 0) is 32.4 Å². The molecule has 0 bridgehead atoms. The van der Waals surface area contributed by atoms with E-state index in [1.807, 2.05) is 20.8 Å². The Morgan fingerprint density at radius 2 is 1.93 bits per heavy atom. The Labute approximate surface area is 173 Å². The molecule has 1 aromatic carbocycles. The normalized spacial score (nSPS) is 10.9. The molecule has 3 aromatic rings. The average Bonchev–Trinajstić information content (AvgIpc) is 3.11. The van der Waals surface area contributed by atoms with Gasteiger partial charge < -0.3 is 14.0 Å². The summed E-state index contributed by atoms with van der Waals surface area (Å²) in [5.74, 6) is 1.47. The van der Waals surface area contributed by atoms with Crippen LogP contribution in [0.5, 0.6) is 11.5 Å². The van der Waals surface area contributed by atoms with Crippen molar-refractivity contribution in [1.82, 2.24) is 19.1 Å². The van der Waals surface area contributed by atoms with Crippen molar-refractivity contribution in [3.05, 3.63) is 50.4 Å². The first-order valence-electron chi connectivity index (χ1n) is 10.1. The fourth-order valence-electron chi connectivity index (χ4n) is 3.30. The minimum Gasteiger partial charge on any atom is -0.490 e. The van der Waals surface area contributed by atoms with E-state index in [1.54, 1.807) is 22.8 Å². The number of fused-ring (bicyclic) bond motifs is 1. The number of H-pyrrole nitrogens is 1. The van der Waals surface area contributed by atoms with Gasteiger partial charge >= 0.3 is 5.69 Å². The zero-order valence-corrected chi connectivity index (χ0v) is 17.4. The van der Waals surface area contributed by atoms with Gasteiger partial charge in [0.1, 0.15) is 12.4 Å². The summed E-state index contributed by atoms with van der Waals surface area (Å²) in [6, 6.07) is 7.01. The third kappa shape index (κ3) is 4.08. The molecule has 158 valence electrons. The molecule has 9 heteroatoms. The van der Waals surface area contributed by atoms with Gasteiger partial charge in [-0.25, -0.2) is 9.78 Å². The second-order valence-electron chi connectivity index (χ2n) is 6.70. The number of nitrogens with zero attached hydrogens (tertiary/aromatic N) is 4. The van der Waals surface area contributed by atoms with E-state index in [0.29, 0.717) is 53.7 Å². The van der Waals surface area contributed by atoms with E-state index in [4.69, 9.17) is 14.7 Å². The number of nitrogens with one attached hydrogen (secondary N) is 1. The predicted octanol–water partition coefficient (Wildman–Crippen LogP) is 2.56. The zero-order chi connectivity index (χ0) is 21.7. The number of aromatic nitrogens is 4. The monoisotopic (exact) mass is 411 g/mol. The molecule has 0 atom stereocenters. The highest BCUT2D eigenvalue weighted by Gasteiger charge is 2.18. The number of hydrogen-bond donors (Lipinski definition) is 1. The number of nitriles is 1. The van der Waals surface area contributed by atoms with Crippen LogP contribution in [0, 0.1) is 11.3 Å². The first kappa shape index (κ1) is 21.2. The maximum atomic E-state index is 12.5. The number of ether oxygens (including phenoxy) is 2. The number of aromatic amines is 1. The number of imidazole rings is 1. The number of hydrogen-bond acceptors (Lipinski definition) is 6. The van der Waals surface area contributed by atoms with E-state index in [1.165, 1.54) is 4.57 Å². The second kappa shape index (κ2) is 9.31. The number of benzene rings is 1. The average molecular weight is 411 g/mol. The van der Waals surface area contributed by atoms with Gasteiger partial charge in [0, 0.05) is 19.2 Å². The number of unbranched alkanes of at least 4 members (excludes halogenated alkanes) is 1. The molecular formula is C21H25N5O4. The highest BCUT2D eigenvalue weighted by Crippen LogP contribution is 2.29. The molecule has 1 N–H and O–H groups in total. The second-order valence-corrected chi connectivity index (χ2v) is 6.70. The van der Waals surface area contributed by atoms with Crippen LogP contribution < -0.4 is 20.7 Å². The molecule has 0 saturated carbocycles. The molecule has 9 nitrogen and oxygen atoms in total. The maximum absolute atomic E-state index is 12.5. The Balaban J connectivity index is 2.01. The van der Waals surface area contributed by atoms with Gasteiger partial charge in [0.15, 0.2) is 22.7 Å². The summed E-state index contributed by atoms with van der Waals surface area (Å²) in [7, 11) is 0. The lowest BCUT2D eigenvalue weighted by Gasteiger charge is -2.12. The molecule has 0 unspecified atom stereocenters. The summed E-state index contributed by atoms with van der Waals surface area (Å²) in [6.07, 6.45) is 1.71. The van der Waals surface area contributed by atoms with E-state index in [2.05, 4.69) is 16.0 Å². The summed E-state index contributed by atoms with van der Waals surface area (Å²) in [5.41, 5.74) is 0.272. The van der Waals surface area contributed by atoms with Crippen molar-refractivity contribution in [2.45, 2.75) is 53.3 Å². The van der Waals surface area contributed by atoms with Crippen molar-refractivity contribution in [3.8, 4) is 17.6 Å². The fourth-order valence-corrected chi connectivity index (χ4v) is 3.30. The smallest absolute Gasteiger partial charge is 0.330 e. The van der Waals surface area contributed by atoms with Gasteiger partial charge in [0.2, 0.25) is 0 Å².